The lowest BCUT2D eigenvalue weighted by atomic mass is 9.91. The zero-order valence-corrected chi connectivity index (χ0v) is 10.8. The Morgan fingerprint density at radius 2 is 2.12 bits per heavy atom. The lowest BCUT2D eigenvalue weighted by Crippen LogP contribution is -2.29. The van der Waals surface area contributed by atoms with Crippen molar-refractivity contribution in [1.82, 2.24) is 5.32 Å². The fraction of sp³-hybridized carbons (Fsp3) is 0.500. The zero-order valence-electron chi connectivity index (χ0n) is 9.94. The van der Waals surface area contributed by atoms with E-state index in [-0.39, 0.29) is 0 Å². The molecule has 1 fully saturated rings. The number of hydrogen-bond donors (Lipinski definition) is 2. The van der Waals surface area contributed by atoms with Crippen molar-refractivity contribution in [3.63, 3.8) is 0 Å². The maximum Gasteiger partial charge on any atom is 0.229 e. The van der Waals surface area contributed by atoms with Gasteiger partial charge in [-0.1, -0.05) is 18.2 Å². The van der Waals surface area contributed by atoms with Crippen LogP contribution < -0.4 is 10.0 Å². The quantitative estimate of drug-likeness (QED) is 0.860. The van der Waals surface area contributed by atoms with Crippen LogP contribution >= 0.6 is 0 Å². The highest BCUT2D eigenvalue weighted by molar-refractivity contribution is 7.92. The van der Waals surface area contributed by atoms with Gasteiger partial charge in [-0.3, -0.25) is 4.72 Å². The molecule has 4 nitrogen and oxygen atoms in total. The van der Waals surface area contributed by atoms with Gasteiger partial charge in [0.25, 0.3) is 0 Å². The molecule has 1 saturated heterocycles. The molecule has 0 radical (unpaired) electrons. The highest BCUT2D eigenvalue weighted by atomic mass is 32.2. The van der Waals surface area contributed by atoms with Gasteiger partial charge in [0.15, 0.2) is 0 Å². The zero-order chi connectivity index (χ0) is 12.3. The van der Waals surface area contributed by atoms with Gasteiger partial charge in [0.2, 0.25) is 10.0 Å². The van der Waals surface area contributed by atoms with Crippen molar-refractivity contribution >= 4 is 15.7 Å². The molecule has 5 heteroatoms. The van der Waals surface area contributed by atoms with E-state index in [1.165, 1.54) is 6.26 Å². The standard InChI is InChI=1S/C12H18N2O2S/c1-17(15,16)14-12-7-3-2-6-11(12)10-5-4-8-13-9-10/h2-3,6-7,10,13-14H,4-5,8-9H2,1H3. The number of sulfonamides is 1. The Bertz CT molecular complexity index is 479. The highest BCUT2D eigenvalue weighted by Crippen LogP contribution is 2.29. The molecule has 0 aromatic heterocycles. The highest BCUT2D eigenvalue weighted by Gasteiger charge is 2.18. The first-order chi connectivity index (χ1) is 8.06. The Kier molecular flexibility index (Phi) is 3.69. The van der Waals surface area contributed by atoms with Crippen LogP contribution in [0.2, 0.25) is 0 Å². The summed E-state index contributed by atoms with van der Waals surface area (Å²) in [5, 5.41) is 3.35. The van der Waals surface area contributed by atoms with Gasteiger partial charge < -0.3 is 5.32 Å². The van der Waals surface area contributed by atoms with Crippen LogP contribution in [0.25, 0.3) is 0 Å². The predicted molar refractivity (Wildman–Crippen MR) is 69.8 cm³/mol. The van der Waals surface area contributed by atoms with Crippen molar-refractivity contribution in [2.24, 2.45) is 0 Å². The van der Waals surface area contributed by atoms with Crippen molar-refractivity contribution in [2.75, 3.05) is 24.1 Å². The molecule has 2 rings (SSSR count). The molecule has 17 heavy (non-hydrogen) atoms. The third kappa shape index (κ3) is 3.44. The topological polar surface area (TPSA) is 58.2 Å². The van der Waals surface area contributed by atoms with Gasteiger partial charge in [-0.2, -0.15) is 0 Å². The third-order valence-corrected chi connectivity index (χ3v) is 3.58. The van der Waals surface area contributed by atoms with E-state index in [0.29, 0.717) is 11.6 Å². The Hall–Kier alpha value is -1.07. The first-order valence-electron chi connectivity index (χ1n) is 5.84. The van der Waals surface area contributed by atoms with E-state index < -0.39 is 10.0 Å². The second kappa shape index (κ2) is 5.06. The molecule has 0 bridgehead atoms. The molecule has 1 aliphatic rings. The predicted octanol–water partition coefficient (Wildman–Crippen LogP) is 1.53. The summed E-state index contributed by atoms with van der Waals surface area (Å²) in [4.78, 5) is 0. The molecular formula is C12H18N2O2S. The summed E-state index contributed by atoms with van der Waals surface area (Å²) in [6.45, 7) is 1.97. The van der Waals surface area contributed by atoms with E-state index in [0.717, 1.165) is 31.5 Å². The number of anilines is 1. The molecule has 0 amide bonds. The normalized spacial score (nSPS) is 21.1. The summed E-state index contributed by atoms with van der Waals surface area (Å²) in [6.07, 6.45) is 3.43. The van der Waals surface area contributed by atoms with Crippen LogP contribution in [0.3, 0.4) is 0 Å². The molecule has 0 aliphatic carbocycles. The Morgan fingerprint density at radius 1 is 1.35 bits per heavy atom. The first kappa shape index (κ1) is 12.4. The summed E-state index contributed by atoms with van der Waals surface area (Å²) in [6, 6.07) is 7.64. The smallest absolute Gasteiger partial charge is 0.229 e. The fourth-order valence-electron chi connectivity index (χ4n) is 2.26. The summed E-state index contributed by atoms with van der Waals surface area (Å²) in [7, 11) is -3.21. The molecule has 2 N–H and O–H groups in total. The van der Waals surface area contributed by atoms with E-state index in [1.807, 2.05) is 24.3 Å². The molecule has 1 unspecified atom stereocenters. The van der Waals surface area contributed by atoms with Gasteiger partial charge in [0.05, 0.1) is 11.9 Å². The fourth-order valence-corrected chi connectivity index (χ4v) is 2.85. The van der Waals surface area contributed by atoms with Gasteiger partial charge >= 0.3 is 0 Å². The SMILES string of the molecule is CS(=O)(=O)Nc1ccccc1C1CCCNC1. The monoisotopic (exact) mass is 254 g/mol. The summed E-state index contributed by atoms with van der Waals surface area (Å²) < 4.78 is 25.2. The summed E-state index contributed by atoms with van der Waals surface area (Å²) >= 11 is 0. The van der Waals surface area contributed by atoms with Crippen LogP contribution in [0.1, 0.15) is 24.3 Å². The molecule has 1 aromatic carbocycles. The number of piperidine rings is 1. The number of benzene rings is 1. The largest absolute Gasteiger partial charge is 0.316 e. The molecule has 1 heterocycles. The number of para-hydroxylation sites is 1. The minimum Gasteiger partial charge on any atom is -0.316 e. The summed E-state index contributed by atoms with van der Waals surface area (Å²) in [5.74, 6) is 0.397. The van der Waals surface area contributed by atoms with Crippen molar-refractivity contribution in [2.45, 2.75) is 18.8 Å². The average molecular weight is 254 g/mol. The summed E-state index contributed by atoms with van der Waals surface area (Å²) in [5.41, 5.74) is 1.80. The van der Waals surface area contributed by atoms with E-state index in [2.05, 4.69) is 10.0 Å². The van der Waals surface area contributed by atoms with E-state index in [4.69, 9.17) is 0 Å². The van der Waals surface area contributed by atoms with E-state index in [1.54, 1.807) is 0 Å². The molecule has 1 atom stereocenters. The van der Waals surface area contributed by atoms with E-state index >= 15 is 0 Å². The van der Waals surface area contributed by atoms with Crippen LogP contribution in [-0.4, -0.2) is 27.8 Å². The lowest BCUT2D eigenvalue weighted by Gasteiger charge is -2.25. The second-order valence-corrected chi connectivity index (χ2v) is 6.25. The molecule has 0 spiro atoms. The van der Waals surface area contributed by atoms with Gasteiger partial charge in [-0.25, -0.2) is 8.42 Å². The van der Waals surface area contributed by atoms with Crippen LogP contribution in [0.15, 0.2) is 24.3 Å². The number of rotatable bonds is 3. The Balaban J connectivity index is 2.26. The van der Waals surface area contributed by atoms with Gasteiger partial charge in [-0.05, 0) is 36.9 Å². The molecule has 1 aliphatic heterocycles. The Morgan fingerprint density at radius 3 is 2.76 bits per heavy atom. The maximum atomic E-state index is 11.3. The van der Waals surface area contributed by atoms with Gasteiger partial charge in [0, 0.05) is 6.54 Å². The minimum absolute atomic E-state index is 0.397. The average Bonchev–Trinajstić information content (AvgIpc) is 2.29. The van der Waals surface area contributed by atoms with Gasteiger partial charge in [-0.15, -0.1) is 0 Å². The van der Waals surface area contributed by atoms with Crippen molar-refractivity contribution < 1.29 is 8.42 Å². The number of nitrogens with one attached hydrogen (secondary N) is 2. The molecular weight excluding hydrogens is 236 g/mol. The van der Waals surface area contributed by atoms with Crippen LogP contribution in [0.4, 0.5) is 5.69 Å². The lowest BCUT2D eigenvalue weighted by molar-refractivity contribution is 0.462. The Labute approximate surface area is 102 Å². The molecule has 1 aromatic rings. The third-order valence-electron chi connectivity index (χ3n) is 2.99. The number of hydrogen-bond acceptors (Lipinski definition) is 3. The van der Waals surface area contributed by atoms with Crippen LogP contribution in [0, 0.1) is 0 Å². The van der Waals surface area contributed by atoms with Crippen LogP contribution in [-0.2, 0) is 10.0 Å². The van der Waals surface area contributed by atoms with Crippen molar-refractivity contribution in [3.05, 3.63) is 29.8 Å². The van der Waals surface area contributed by atoms with Crippen molar-refractivity contribution in [3.8, 4) is 0 Å². The molecule has 0 saturated carbocycles. The second-order valence-electron chi connectivity index (χ2n) is 4.50. The maximum absolute atomic E-state index is 11.3. The van der Waals surface area contributed by atoms with E-state index in [9.17, 15) is 8.42 Å². The first-order valence-corrected chi connectivity index (χ1v) is 7.73. The van der Waals surface area contributed by atoms with Crippen molar-refractivity contribution in [1.29, 1.82) is 0 Å². The minimum atomic E-state index is -3.21. The molecule has 94 valence electrons. The van der Waals surface area contributed by atoms with Gasteiger partial charge in [0.1, 0.15) is 0 Å². The van der Waals surface area contributed by atoms with Crippen LogP contribution in [0.5, 0.6) is 0 Å².